The summed E-state index contributed by atoms with van der Waals surface area (Å²) < 4.78 is 16.7. The Morgan fingerprint density at radius 1 is 1.25 bits per heavy atom. The first-order valence-corrected chi connectivity index (χ1v) is 6.64. The molecule has 0 spiro atoms. The van der Waals surface area contributed by atoms with E-state index in [0.29, 0.717) is 24.2 Å². The molecule has 1 saturated heterocycles. The third-order valence-electron chi connectivity index (χ3n) is 3.67. The van der Waals surface area contributed by atoms with Crippen LogP contribution in [0, 0.1) is 5.92 Å². The predicted octanol–water partition coefficient (Wildman–Crippen LogP) is 2.39. The van der Waals surface area contributed by atoms with Crippen molar-refractivity contribution in [3.8, 4) is 0 Å². The number of rotatable bonds is 7. The van der Waals surface area contributed by atoms with Gasteiger partial charge in [-0.15, -0.1) is 0 Å². The molecule has 3 nitrogen and oxygen atoms in total. The Bertz CT molecular complexity index is 207. The van der Waals surface area contributed by atoms with E-state index in [2.05, 4.69) is 13.8 Å². The van der Waals surface area contributed by atoms with Crippen LogP contribution in [0.5, 0.6) is 0 Å². The normalized spacial score (nSPS) is 34.5. The number of ether oxygens (including phenoxy) is 3. The monoisotopic (exact) mass is 228 g/mol. The van der Waals surface area contributed by atoms with Crippen molar-refractivity contribution in [3.05, 3.63) is 0 Å². The van der Waals surface area contributed by atoms with Gasteiger partial charge in [0, 0.05) is 6.61 Å². The largest absolute Gasteiger partial charge is 0.379 e. The lowest BCUT2D eigenvalue weighted by molar-refractivity contribution is -0.0000178. The molecule has 4 atom stereocenters. The van der Waals surface area contributed by atoms with Gasteiger partial charge in [-0.3, -0.25) is 0 Å². The zero-order valence-corrected chi connectivity index (χ0v) is 10.5. The van der Waals surface area contributed by atoms with Gasteiger partial charge < -0.3 is 14.2 Å². The lowest BCUT2D eigenvalue weighted by atomic mass is 9.90. The lowest BCUT2D eigenvalue weighted by Crippen LogP contribution is -2.20. The highest BCUT2D eigenvalue weighted by Crippen LogP contribution is 2.39. The van der Waals surface area contributed by atoms with E-state index in [1.807, 2.05) is 0 Å². The van der Waals surface area contributed by atoms with Crippen molar-refractivity contribution < 1.29 is 14.2 Å². The third kappa shape index (κ3) is 3.72. The van der Waals surface area contributed by atoms with E-state index in [9.17, 15) is 0 Å². The van der Waals surface area contributed by atoms with Crippen LogP contribution in [0.2, 0.25) is 0 Å². The minimum Gasteiger partial charge on any atom is -0.379 e. The molecule has 0 aromatic rings. The average Bonchev–Trinajstić information content (AvgIpc) is 3.06. The van der Waals surface area contributed by atoms with Gasteiger partial charge >= 0.3 is 0 Å². The van der Waals surface area contributed by atoms with Crippen LogP contribution in [0.15, 0.2) is 0 Å². The lowest BCUT2D eigenvalue weighted by Gasteiger charge is -2.19. The fourth-order valence-corrected chi connectivity index (χ4v) is 2.31. The van der Waals surface area contributed by atoms with Gasteiger partial charge in [0.25, 0.3) is 0 Å². The van der Waals surface area contributed by atoms with Gasteiger partial charge in [0.1, 0.15) is 0 Å². The van der Waals surface area contributed by atoms with Crippen molar-refractivity contribution >= 4 is 0 Å². The SMILES string of the molecule is CCC(C)OCCOCC1CCC2OC2C1. The molecule has 1 saturated carbocycles. The van der Waals surface area contributed by atoms with Crippen LogP contribution in [0.3, 0.4) is 0 Å². The molecule has 3 heteroatoms. The minimum absolute atomic E-state index is 0.360. The van der Waals surface area contributed by atoms with Gasteiger partial charge in [-0.2, -0.15) is 0 Å². The molecule has 2 fully saturated rings. The van der Waals surface area contributed by atoms with Crippen molar-refractivity contribution in [2.24, 2.45) is 5.92 Å². The van der Waals surface area contributed by atoms with Gasteiger partial charge in [-0.25, -0.2) is 0 Å². The molecule has 2 aliphatic rings. The number of epoxide rings is 1. The van der Waals surface area contributed by atoms with Gasteiger partial charge in [-0.1, -0.05) is 6.92 Å². The number of fused-ring (bicyclic) bond motifs is 1. The molecule has 4 unspecified atom stereocenters. The first-order valence-electron chi connectivity index (χ1n) is 6.64. The fourth-order valence-electron chi connectivity index (χ4n) is 2.31. The molecule has 0 aromatic heterocycles. The first kappa shape index (κ1) is 12.3. The summed E-state index contributed by atoms with van der Waals surface area (Å²) in [6.45, 7) is 6.59. The van der Waals surface area contributed by atoms with E-state index in [4.69, 9.17) is 14.2 Å². The summed E-state index contributed by atoms with van der Waals surface area (Å²) in [6.07, 6.45) is 6.32. The summed E-state index contributed by atoms with van der Waals surface area (Å²) in [5.74, 6) is 0.715. The first-order chi connectivity index (χ1) is 7.79. The smallest absolute Gasteiger partial charge is 0.0845 e. The molecule has 0 radical (unpaired) electrons. The van der Waals surface area contributed by atoms with E-state index in [-0.39, 0.29) is 0 Å². The van der Waals surface area contributed by atoms with Gasteiger partial charge in [0.2, 0.25) is 0 Å². The second-order valence-electron chi connectivity index (χ2n) is 5.06. The van der Waals surface area contributed by atoms with Gasteiger partial charge in [-0.05, 0) is 38.5 Å². The number of hydrogen-bond donors (Lipinski definition) is 0. The molecule has 94 valence electrons. The highest BCUT2D eigenvalue weighted by molar-refractivity contribution is 4.91. The Morgan fingerprint density at radius 2 is 2.12 bits per heavy atom. The molecule has 1 aliphatic carbocycles. The van der Waals surface area contributed by atoms with E-state index < -0.39 is 0 Å². The number of hydrogen-bond acceptors (Lipinski definition) is 3. The highest BCUT2D eigenvalue weighted by atomic mass is 16.6. The maximum Gasteiger partial charge on any atom is 0.0845 e. The molecule has 0 bridgehead atoms. The van der Waals surface area contributed by atoms with Crippen molar-refractivity contribution in [2.45, 2.75) is 57.8 Å². The molecule has 2 rings (SSSR count). The summed E-state index contributed by atoms with van der Waals surface area (Å²) in [7, 11) is 0. The van der Waals surface area contributed by atoms with Crippen molar-refractivity contribution in [1.82, 2.24) is 0 Å². The van der Waals surface area contributed by atoms with Crippen LogP contribution < -0.4 is 0 Å². The van der Waals surface area contributed by atoms with Crippen LogP contribution in [0.1, 0.15) is 39.5 Å². The summed E-state index contributed by atoms with van der Waals surface area (Å²) in [4.78, 5) is 0. The Morgan fingerprint density at radius 3 is 2.88 bits per heavy atom. The van der Waals surface area contributed by atoms with Crippen LogP contribution in [0.25, 0.3) is 0 Å². The maximum absolute atomic E-state index is 5.65. The molecular formula is C13H24O3. The van der Waals surface area contributed by atoms with Gasteiger partial charge in [0.15, 0.2) is 0 Å². The molecule has 16 heavy (non-hydrogen) atoms. The minimum atomic E-state index is 0.360. The highest BCUT2D eigenvalue weighted by Gasteiger charge is 2.43. The quantitative estimate of drug-likeness (QED) is 0.495. The molecule has 1 heterocycles. The van der Waals surface area contributed by atoms with Crippen LogP contribution in [0.4, 0.5) is 0 Å². The van der Waals surface area contributed by atoms with Gasteiger partial charge in [0.05, 0.1) is 31.5 Å². The molecule has 1 aliphatic heterocycles. The fraction of sp³-hybridized carbons (Fsp3) is 1.00. The molecule has 0 amide bonds. The van der Waals surface area contributed by atoms with Crippen LogP contribution in [-0.2, 0) is 14.2 Å². The van der Waals surface area contributed by atoms with Crippen molar-refractivity contribution in [1.29, 1.82) is 0 Å². The second-order valence-corrected chi connectivity index (χ2v) is 5.06. The Kier molecular flexibility index (Phi) is 4.62. The summed E-state index contributed by atoms with van der Waals surface area (Å²) in [6, 6.07) is 0. The molecule has 0 N–H and O–H groups in total. The summed E-state index contributed by atoms with van der Waals surface area (Å²) in [5, 5.41) is 0. The third-order valence-corrected chi connectivity index (χ3v) is 3.67. The standard InChI is InChI=1S/C13H24O3/c1-3-10(2)15-7-6-14-9-11-4-5-12-13(8-11)16-12/h10-13H,3-9H2,1-2H3. The van der Waals surface area contributed by atoms with E-state index in [1.54, 1.807) is 0 Å². The Labute approximate surface area is 98.4 Å². The van der Waals surface area contributed by atoms with Crippen molar-refractivity contribution in [3.63, 3.8) is 0 Å². The van der Waals surface area contributed by atoms with Crippen LogP contribution >= 0.6 is 0 Å². The molecular weight excluding hydrogens is 204 g/mol. The van der Waals surface area contributed by atoms with E-state index in [0.717, 1.165) is 26.2 Å². The predicted molar refractivity (Wildman–Crippen MR) is 62.5 cm³/mol. The Balaban J connectivity index is 1.45. The topological polar surface area (TPSA) is 31.0 Å². The molecule has 0 aromatic carbocycles. The Hall–Kier alpha value is -0.120. The summed E-state index contributed by atoms with van der Waals surface area (Å²) in [5.41, 5.74) is 0. The zero-order chi connectivity index (χ0) is 11.4. The zero-order valence-electron chi connectivity index (χ0n) is 10.5. The average molecular weight is 228 g/mol. The summed E-state index contributed by atoms with van der Waals surface area (Å²) >= 11 is 0. The van der Waals surface area contributed by atoms with E-state index >= 15 is 0 Å². The van der Waals surface area contributed by atoms with Crippen LogP contribution in [-0.4, -0.2) is 38.1 Å². The van der Waals surface area contributed by atoms with E-state index in [1.165, 1.54) is 19.3 Å². The second kappa shape index (κ2) is 5.99. The maximum atomic E-state index is 5.65. The van der Waals surface area contributed by atoms with Crippen molar-refractivity contribution in [2.75, 3.05) is 19.8 Å².